The molecular formula is C24H24F6N6O2. The number of hydrogen-bond acceptors (Lipinski definition) is 7. The predicted octanol–water partition coefficient (Wildman–Crippen LogP) is 5.27. The Bertz CT molecular complexity index is 1190. The highest BCUT2D eigenvalue weighted by molar-refractivity contribution is 6.06. The first kappa shape index (κ1) is 28.5. The monoisotopic (exact) mass is 542 g/mol. The first-order chi connectivity index (χ1) is 18.0. The molecule has 1 aliphatic heterocycles. The first-order valence-electron chi connectivity index (χ1n) is 11.2. The number of allylic oxidation sites excluding steroid dienone is 1. The number of aliphatic imine (C=N–C) groups is 2. The van der Waals surface area contributed by atoms with Gasteiger partial charge in [-0.1, -0.05) is 6.07 Å². The van der Waals surface area contributed by atoms with Gasteiger partial charge in [-0.3, -0.25) is 10.4 Å². The summed E-state index contributed by atoms with van der Waals surface area (Å²) in [6, 6.07) is 9.69. The third-order valence-corrected chi connectivity index (χ3v) is 4.77. The molecule has 0 aliphatic carbocycles. The molecular weight excluding hydrogens is 518 g/mol. The lowest BCUT2D eigenvalue weighted by Gasteiger charge is -2.18. The Hall–Kier alpha value is -4.07. The predicted molar refractivity (Wildman–Crippen MR) is 131 cm³/mol. The van der Waals surface area contributed by atoms with E-state index in [1.807, 2.05) is 0 Å². The molecule has 0 bridgehead atoms. The molecule has 204 valence electrons. The fraction of sp³-hybridized carbons (Fsp3) is 0.292. The molecule has 0 atom stereocenters. The van der Waals surface area contributed by atoms with E-state index >= 15 is 0 Å². The Kier molecular flexibility index (Phi) is 9.71. The molecule has 0 saturated heterocycles. The summed E-state index contributed by atoms with van der Waals surface area (Å²) in [5, 5.41) is 9.88. The zero-order valence-electron chi connectivity index (χ0n) is 20.0. The van der Waals surface area contributed by atoms with Crippen molar-refractivity contribution in [3.8, 4) is 5.75 Å². The largest absolute Gasteiger partial charge is 0.573 e. The van der Waals surface area contributed by atoms with Gasteiger partial charge in [-0.15, -0.1) is 13.2 Å². The summed E-state index contributed by atoms with van der Waals surface area (Å²) in [5.41, 5.74) is 2.52. The van der Waals surface area contributed by atoms with E-state index < -0.39 is 18.1 Å². The fourth-order valence-corrected chi connectivity index (χ4v) is 3.10. The van der Waals surface area contributed by atoms with E-state index in [1.165, 1.54) is 30.5 Å². The van der Waals surface area contributed by atoms with Crippen molar-refractivity contribution in [3.05, 3.63) is 71.6 Å². The Morgan fingerprint density at radius 3 is 2.53 bits per heavy atom. The quantitative estimate of drug-likeness (QED) is 0.183. The van der Waals surface area contributed by atoms with Crippen LogP contribution in [0.5, 0.6) is 5.75 Å². The minimum absolute atomic E-state index is 0.0998. The molecule has 2 aromatic carbocycles. The second-order valence-corrected chi connectivity index (χ2v) is 7.73. The Morgan fingerprint density at radius 1 is 1.08 bits per heavy atom. The molecule has 1 heterocycles. The number of hydrazone groups is 1. The van der Waals surface area contributed by atoms with Crippen molar-refractivity contribution < 1.29 is 35.8 Å². The minimum Gasteiger partial charge on any atom is -0.406 e. The van der Waals surface area contributed by atoms with Crippen LogP contribution in [0.25, 0.3) is 0 Å². The molecule has 0 unspecified atom stereocenters. The maximum Gasteiger partial charge on any atom is 0.573 e. The summed E-state index contributed by atoms with van der Waals surface area (Å²) >= 11 is 0. The molecule has 2 aromatic rings. The maximum absolute atomic E-state index is 13.1. The van der Waals surface area contributed by atoms with Crippen molar-refractivity contribution in [2.75, 3.05) is 25.6 Å². The van der Waals surface area contributed by atoms with E-state index in [4.69, 9.17) is 4.74 Å². The first-order valence-corrected chi connectivity index (χ1v) is 11.2. The van der Waals surface area contributed by atoms with Crippen LogP contribution in [0.3, 0.4) is 0 Å². The fourth-order valence-electron chi connectivity index (χ4n) is 3.10. The molecule has 1 aliphatic rings. The van der Waals surface area contributed by atoms with Gasteiger partial charge in [0.2, 0.25) is 5.96 Å². The van der Waals surface area contributed by atoms with Gasteiger partial charge in [0.05, 0.1) is 24.9 Å². The number of rotatable bonds is 8. The number of guanidine groups is 1. The Labute approximate surface area is 214 Å². The molecule has 0 spiro atoms. The number of nitrogens with zero attached hydrogens (tertiary/aromatic N) is 3. The van der Waals surface area contributed by atoms with Gasteiger partial charge in [0.1, 0.15) is 17.4 Å². The second kappa shape index (κ2) is 12.9. The lowest BCUT2D eigenvalue weighted by molar-refractivity contribution is -0.274. The number of nitrogens with one attached hydrogen (secondary N) is 3. The zero-order valence-corrected chi connectivity index (χ0v) is 20.0. The van der Waals surface area contributed by atoms with Gasteiger partial charge >= 0.3 is 12.5 Å². The average Bonchev–Trinajstić information content (AvgIpc) is 2.82. The van der Waals surface area contributed by atoms with Crippen LogP contribution in [-0.4, -0.2) is 44.6 Å². The van der Waals surface area contributed by atoms with Gasteiger partial charge < -0.3 is 20.1 Å². The van der Waals surface area contributed by atoms with Crippen molar-refractivity contribution >= 4 is 23.7 Å². The summed E-state index contributed by atoms with van der Waals surface area (Å²) in [7, 11) is 1.54. The summed E-state index contributed by atoms with van der Waals surface area (Å²) in [4.78, 5) is 8.78. The standard InChI is InChI=1S/C24H24F6N6O2/c1-37-13-12-31-20-6-3-7-21(36-32-15-16-8-10-19(11-9-16)38-24(28,29)30)35-22(34-20)33-18-5-2-4-17(14-18)23(25,26)27/h2,4-5,7-11,14-15,36H,3,6,12-13H2,1H3,(H2,31,33,34,35)/b21-7?,32-15+. The van der Waals surface area contributed by atoms with Crippen molar-refractivity contribution in [3.63, 3.8) is 0 Å². The molecule has 0 amide bonds. The van der Waals surface area contributed by atoms with Gasteiger partial charge in [-0.05, 0) is 60.5 Å². The maximum atomic E-state index is 13.1. The van der Waals surface area contributed by atoms with Gasteiger partial charge in [-0.25, -0.2) is 0 Å². The average molecular weight is 542 g/mol. The van der Waals surface area contributed by atoms with Crippen LogP contribution in [0.4, 0.5) is 32.0 Å². The molecule has 0 fully saturated rings. The van der Waals surface area contributed by atoms with Crippen molar-refractivity contribution in [2.45, 2.75) is 25.4 Å². The highest BCUT2D eigenvalue weighted by atomic mass is 19.4. The van der Waals surface area contributed by atoms with Gasteiger partial charge in [0, 0.05) is 19.2 Å². The van der Waals surface area contributed by atoms with E-state index in [0.29, 0.717) is 37.4 Å². The number of hydrogen-bond donors (Lipinski definition) is 3. The van der Waals surface area contributed by atoms with Gasteiger partial charge in [0.25, 0.3) is 0 Å². The normalized spacial score (nSPS) is 15.8. The topological polar surface area (TPSA) is 91.6 Å². The molecule has 38 heavy (non-hydrogen) atoms. The molecule has 8 nitrogen and oxygen atoms in total. The van der Waals surface area contributed by atoms with Crippen LogP contribution in [0.15, 0.2) is 75.5 Å². The molecule has 3 N–H and O–H groups in total. The molecule has 0 saturated carbocycles. The number of methoxy groups -OCH3 is 1. The highest BCUT2D eigenvalue weighted by Gasteiger charge is 2.31. The number of alkyl halides is 6. The van der Waals surface area contributed by atoms with Crippen LogP contribution in [0.1, 0.15) is 24.0 Å². The summed E-state index contributed by atoms with van der Waals surface area (Å²) in [6.07, 6.45) is -5.24. The highest BCUT2D eigenvalue weighted by Crippen LogP contribution is 2.30. The van der Waals surface area contributed by atoms with E-state index in [-0.39, 0.29) is 23.2 Å². The Morgan fingerprint density at radius 2 is 1.84 bits per heavy atom. The van der Waals surface area contributed by atoms with E-state index in [0.717, 1.165) is 24.3 Å². The van der Waals surface area contributed by atoms with Gasteiger partial charge in [-0.2, -0.15) is 23.3 Å². The lowest BCUT2D eigenvalue weighted by Crippen LogP contribution is -2.37. The number of amidine groups is 1. The van der Waals surface area contributed by atoms with Crippen LogP contribution in [-0.2, 0) is 10.9 Å². The smallest absolute Gasteiger partial charge is 0.406 e. The van der Waals surface area contributed by atoms with Crippen molar-refractivity contribution in [1.82, 2.24) is 10.7 Å². The van der Waals surface area contributed by atoms with E-state index in [2.05, 4.69) is 35.9 Å². The van der Waals surface area contributed by atoms with Crippen molar-refractivity contribution in [2.24, 2.45) is 15.1 Å². The third-order valence-electron chi connectivity index (χ3n) is 4.77. The molecule has 0 radical (unpaired) electrons. The SMILES string of the molecule is COCCN=C1CCC=C(N/N=C/c2ccc(OC(F)(F)F)cc2)N=C(Nc2cccc(C(F)(F)F)c2)N1. The number of halogens is 6. The number of benzene rings is 2. The zero-order chi connectivity index (χ0) is 27.6. The van der Waals surface area contributed by atoms with Gasteiger partial charge in [0.15, 0.2) is 0 Å². The van der Waals surface area contributed by atoms with Crippen molar-refractivity contribution in [1.29, 1.82) is 0 Å². The van der Waals surface area contributed by atoms with E-state index in [1.54, 1.807) is 13.2 Å². The van der Waals surface area contributed by atoms with Crippen LogP contribution >= 0.6 is 0 Å². The molecule has 0 aromatic heterocycles. The third kappa shape index (κ3) is 9.76. The van der Waals surface area contributed by atoms with E-state index in [9.17, 15) is 26.3 Å². The number of anilines is 1. The summed E-state index contributed by atoms with van der Waals surface area (Å²) in [6.45, 7) is 0.765. The van der Waals surface area contributed by atoms with Crippen LogP contribution in [0, 0.1) is 0 Å². The van der Waals surface area contributed by atoms with Crippen LogP contribution < -0.4 is 20.8 Å². The van der Waals surface area contributed by atoms with Crippen LogP contribution in [0.2, 0.25) is 0 Å². The Balaban J connectivity index is 1.76. The summed E-state index contributed by atoms with van der Waals surface area (Å²) in [5.74, 6) is 0.563. The molecule has 3 rings (SSSR count). The number of ether oxygens (including phenoxy) is 2. The minimum atomic E-state index is -4.79. The lowest BCUT2D eigenvalue weighted by atomic mass is 10.2. The second-order valence-electron chi connectivity index (χ2n) is 7.73. The molecule has 14 heteroatoms. The summed E-state index contributed by atoms with van der Waals surface area (Å²) < 4.78 is 85.2.